The van der Waals surface area contributed by atoms with Gasteiger partial charge in [-0.05, 0) is 25.1 Å². The number of benzene rings is 1. The van der Waals surface area contributed by atoms with Gasteiger partial charge in [-0.25, -0.2) is 0 Å². The average molecular weight is 334 g/mol. The number of piperazine rings is 1. The fourth-order valence-electron chi connectivity index (χ4n) is 3.05. The Labute approximate surface area is 145 Å². The van der Waals surface area contributed by atoms with Gasteiger partial charge >= 0.3 is 0 Å². The van der Waals surface area contributed by atoms with E-state index in [-0.39, 0.29) is 5.91 Å². The van der Waals surface area contributed by atoms with E-state index in [0.717, 1.165) is 32.7 Å². The zero-order valence-electron chi connectivity index (χ0n) is 15.2. The number of rotatable bonds is 8. The quantitative estimate of drug-likeness (QED) is 0.685. The first-order valence-corrected chi connectivity index (χ1v) is 8.92. The Morgan fingerprint density at radius 1 is 0.958 bits per heavy atom. The fraction of sp³-hybridized carbons (Fsp3) is 0.632. The first-order valence-electron chi connectivity index (χ1n) is 8.92. The predicted molar refractivity (Wildman–Crippen MR) is 96.0 cm³/mol. The van der Waals surface area contributed by atoms with Gasteiger partial charge in [0.1, 0.15) is 11.5 Å². The number of nitrogens with zero attached hydrogens (tertiary/aromatic N) is 2. The zero-order chi connectivity index (χ0) is 17.4. The second-order valence-corrected chi connectivity index (χ2v) is 6.30. The van der Waals surface area contributed by atoms with Crippen molar-refractivity contribution in [3.05, 3.63) is 23.8 Å². The van der Waals surface area contributed by atoms with E-state index < -0.39 is 0 Å². The van der Waals surface area contributed by atoms with E-state index >= 15 is 0 Å². The number of carbonyl (C=O) groups is 1. The molecule has 134 valence electrons. The third-order valence-electron chi connectivity index (χ3n) is 4.59. The van der Waals surface area contributed by atoms with Crippen LogP contribution in [0.15, 0.2) is 18.2 Å². The Morgan fingerprint density at radius 3 is 2.12 bits per heavy atom. The van der Waals surface area contributed by atoms with E-state index in [1.807, 2.05) is 4.90 Å². The maximum Gasteiger partial charge on any atom is 0.254 e. The molecule has 1 fully saturated rings. The van der Waals surface area contributed by atoms with E-state index in [1.54, 1.807) is 32.4 Å². The number of hydrogen-bond acceptors (Lipinski definition) is 4. The van der Waals surface area contributed by atoms with E-state index in [0.29, 0.717) is 17.1 Å². The summed E-state index contributed by atoms with van der Waals surface area (Å²) < 4.78 is 10.5. The van der Waals surface area contributed by atoms with Gasteiger partial charge in [0.05, 0.1) is 14.2 Å². The van der Waals surface area contributed by atoms with Crippen molar-refractivity contribution >= 4 is 5.91 Å². The second kappa shape index (κ2) is 9.52. The highest BCUT2D eigenvalue weighted by atomic mass is 16.5. The van der Waals surface area contributed by atoms with Gasteiger partial charge in [-0.1, -0.05) is 26.2 Å². The van der Waals surface area contributed by atoms with E-state index in [2.05, 4.69) is 11.8 Å². The molecule has 0 bridgehead atoms. The summed E-state index contributed by atoms with van der Waals surface area (Å²) in [6.45, 7) is 6.86. The van der Waals surface area contributed by atoms with Gasteiger partial charge < -0.3 is 14.4 Å². The number of methoxy groups -OCH3 is 2. The maximum absolute atomic E-state index is 12.7. The zero-order valence-corrected chi connectivity index (χ0v) is 15.2. The Balaban J connectivity index is 1.88. The third-order valence-corrected chi connectivity index (χ3v) is 4.59. The van der Waals surface area contributed by atoms with Crippen LogP contribution in [0, 0.1) is 0 Å². The van der Waals surface area contributed by atoms with Crippen molar-refractivity contribution < 1.29 is 14.3 Å². The lowest BCUT2D eigenvalue weighted by Crippen LogP contribution is -2.48. The lowest BCUT2D eigenvalue weighted by Gasteiger charge is -2.34. The molecule has 1 aromatic rings. The van der Waals surface area contributed by atoms with Crippen LogP contribution in [0.25, 0.3) is 0 Å². The van der Waals surface area contributed by atoms with Crippen LogP contribution in [0.3, 0.4) is 0 Å². The van der Waals surface area contributed by atoms with Crippen molar-refractivity contribution in [2.24, 2.45) is 0 Å². The summed E-state index contributed by atoms with van der Waals surface area (Å²) >= 11 is 0. The molecule has 0 spiro atoms. The molecule has 0 aromatic heterocycles. The molecule has 2 rings (SSSR count). The lowest BCUT2D eigenvalue weighted by molar-refractivity contribution is 0.0634. The van der Waals surface area contributed by atoms with E-state index in [1.165, 1.54) is 25.7 Å². The largest absolute Gasteiger partial charge is 0.497 e. The van der Waals surface area contributed by atoms with Gasteiger partial charge in [0.25, 0.3) is 5.91 Å². The molecular weight excluding hydrogens is 304 g/mol. The minimum atomic E-state index is 0.0535. The second-order valence-electron chi connectivity index (χ2n) is 6.30. The molecule has 1 amide bonds. The van der Waals surface area contributed by atoms with Gasteiger partial charge in [0, 0.05) is 37.8 Å². The molecule has 5 nitrogen and oxygen atoms in total. The summed E-state index contributed by atoms with van der Waals surface area (Å²) in [6.07, 6.45) is 5.15. The summed E-state index contributed by atoms with van der Waals surface area (Å²) in [5.74, 6) is 1.34. The molecule has 0 atom stereocenters. The van der Waals surface area contributed by atoms with Gasteiger partial charge in [-0.2, -0.15) is 0 Å². The molecule has 1 aliphatic rings. The molecule has 1 saturated heterocycles. The molecule has 5 heteroatoms. The summed E-state index contributed by atoms with van der Waals surface area (Å²) in [4.78, 5) is 17.1. The standard InChI is InChI=1S/C19H30N2O3/c1-4-5-6-7-8-20-9-11-21(12-10-20)19(22)16-13-17(23-2)15-18(14-16)24-3/h13-15H,4-12H2,1-3H3. The van der Waals surface area contributed by atoms with Crippen molar-refractivity contribution in [1.29, 1.82) is 0 Å². The lowest BCUT2D eigenvalue weighted by atomic mass is 10.1. The molecule has 0 unspecified atom stereocenters. The predicted octanol–water partition coefficient (Wildman–Crippen LogP) is 3.04. The number of carbonyl (C=O) groups excluding carboxylic acids is 1. The number of unbranched alkanes of at least 4 members (excludes halogenated alkanes) is 3. The summed E-state index contributed by atoms with van der Waals surface area (Å²) in [7, 11) is 3.20. The van der Waals surface area contributed by atoms with Crippen LogP contribution in [-0.2, 0) is 0 Å². The normalized spacial score (nSPS) is 15.4. The SMILES string of the molecule is CCCCCCN1CCN(C(=O)c2cc(OC)cc(OC)c2)CC1. The maximum atomic E-state index is 12.7. The van der Waals surface area contributed by atoms with Crippen molar-refractivity contribution in [3.8, 4) is 11.5 Å². The van der Waals surface area contributed by atoms with Crippen LogP contribution in [0.1, 0.15) is 43.0 Å². The molecule has 24 heavy (non-hydrogen) atoms. The Hall–Kier alpha value is -1.75. The highest BCUT2D eigenvalue weighted by molar-refractivity contribution is 5.95. The van der Waals surface area contributed by atoms with Crippen LogP contribution in [0.5, 0.6) is 11.5 Å². The molecule has 1 aliphatic heterocycles. The van der Waals surface area contributed by atoms with Crippen LogP contribution in [-0.4, -0.2) is 62.7 Å². The average Bonchev–Trinajstić information content (AvgIpc) is 2.64. The molecule has 0 saturated carbocycles. The summed E-state index contributed by atoms with van der Waals surface area (Å²) in [5.41, 5.74) is 0.627. The summed E-state index contributed by atoms with van der Waals surface area (Å²) in [5, 5.41) is 0. The topological polar surface area (TPSA) is 42.0 Å². The van der Waals surface area contributed by atoms with Crippen molar-refractivity contribution in [2.75, 3.05) is 46.9 Å². The van der Waals surface area contributed by atoms with Gasteiger partial charge in [0.2, 0.25) is 0 Å². The fourth-order valence-corrected chi connectivity index (χ4v) is 3.05. The summed E-state index contributed by atoms with van der Waals surface area (Å²) in [6, 6.07) is 5.34. The smallest absolute Gasteiger partial charge is 0.254 e. The number of ether oxygens (including phenoxy) is 2. The van der Waals surface area contributed by atoms with Gasteiger partial charge in [-0.3, -0.25) is 9.69 Å². The monoisotopic (exact) mass is 334 g/mol. The third kappa shape index (κ3) is 5.13. The van der Waals surface area contributed by atoms with Crippen molar-refractivity contribution in [1.82, 2.24) is 9.80 Å². The minimum Gasteiger partial charge on any atom is -0.497 e. The van der Waals surface area contributed by atoms with Gasteiger partial charge in [0.15, 0.2) is 0 Å². The first kappa shape index (κ1) is 18.6. The molecule has 1 aromatic carbocycles. The number of hydrogen-bond donors (Lipinski definition) is 0. The van der Waals surface area contributed by atoms with Crippen LogP contribution >= 0.6 is 0 Å². The van der Waals surface area contributed by atoms with E-state index in [9.17, 15) is 4.79 Å². The Morgan fingerprint density at radius 2 is 1.58 bits per heavy atom. The van der Waals surface area contributed by atoms with Crippen molar-refractivity contribution in [2.45, 2.75) is 32.6 Å². The first-order chi connectivity index (χ1) is 11.7. The molecule has 0 radical (unpaired) electrons. The van der Waals surface area contributed by atoms with Crippen molar-refractivity contribution in [3.63, 3.8) is 0 Å². The highest BCUT2D eigenvalue weighted by Crippen LogP contribution is 2.23. The molecule has 0 aliphatic carbocycles. The molecule has 1 heterocycles. The van der Waals surface area contributed by atoms with Crippen LogP contribution < -0.4 is 9.47 Å². The Bertz CT molecular complexity index is 503. The van der Waals surface area contributed by atoms with E-state index in [4.69, 9.17) is 9.47 Å². The highest BCUT2D eigenvalue weighted by Gasteiger charge is 2.22. The van der Waals surface area contributed by atoms with Crippen LogP contribution in [0.4, 0.5) is 0 Å². The molecule has 0 N–H and O–H groups in total. The Kier molecular flexibility index (Phi) is 7.37. The molecular formula is C19H30N2O3. The van der Waals surface area contributed by atoms with Gasteiger partial charge in [-0.15, -0.1) is 0 Å². The van der Waals surface area contributed by atoms with Crippen LogP contribution in [0.2, 0.25) is 0 Å². The minimum absolute atomic E-state index is 0.0535. The number of amides is 1.